The van der Waals surface area contributed by atoms with Crippen molar-refractivity contribution in [1.29, 1.82) is 0 Å². The zero-order chi connectivity index (χ0) is 27.9. The van der Waals surface area contributed by atoms with Crippen LogP contribution in [0.3, 0.4) is 0 Å². The van der Waals surface area contributed by atoms with Gasteiger partial charge < -0.3 is 14.7 Å². The van der Waals surface area contributed by atoms with E-state index in [2.05, 4.69) is 46.8 Å². The quantitative estimate of drug-likeness (QED) is 0.372. The number of halogens is 2. The van der Waals surface area contributed by atoms with E-state index in [1.54, 1.807) is 7.11 Å². The van der Waals surface area contributed by atoms with Crippen LogP contribution in [-0.2, 0) is 4.79 Å². The minimum atomic E-state index is -0.801. The number of carboxylic acids is 1. The topological polar surface area (TPSA) is 65.9 Å². The summed E-state index contributed by atoms with van der Waals surface area (Å²) in [7, 11) is 5.79. The molecule has 0 aliphatic carbocycles. The van der Waals surface area contributed by atoms with Gasteiger partial charge in [0.1, 0.15) is 17.4 Å². The highest BCUT2D eigenvalue weighted by atomic mass is 19.1. The van der Waals surface area contributed by atoms with Gasteiger partial charge in [0.15, 0.2) is 0 Å². The maximum Gasteiger partial charge on any atom is 0.303 e. The lowest BCUT2D eigenvalue weighted by atomic mass is 9.79. The Balaban J connectivity index is 1.45. The molecule has 39 heavy (non-hydrogen) atoms. The van der Waals surface area contributed by atoms with Crippen LogP contribution in [0, 0.1) is 35.3 Å². The number of methoxy groups -OCH3 is 1. The number of piperidine rings is 1. The number of aliphatic carboxylic acids is 1. The summed E-state index contributed by atoms with van der Waals surface area (Å²) in [5.74, 6) is 4.77. The molecule has 1 saturated heterocycles. The van der Waals surface area contributed by atoms with Crippen molar-refractivity contribution in [2.24, 2.45) is 11.8 Å². The minimum Gasteiger partial charge on any atom is -0.497 e. The summed E-state index contributed by atoms with van der Waals surface area (Å²) >= 11 is 0. The van der Waals surface area contributed by atoms with Gasteiger partial charge in [-0.2, -0.15) is 0 Å². The van der Waals surface area contributed by atoms with Crippen molar-refractivity contribution >= 4 is 16.9 Å². The van der Waals surface area contributed by atoms with E-state index in [1.807, 2.05) is 24.4 Å². The van der Waals surface area contributed by atoms with E-state index < -0.39 is 17.6 Å². The van der Waals surface area contributed by atoms with Crippen molar-refractivity contribution < 1.29 is 23.4 Å². The first-order valence-electron chi connectivity index (χ1n) is 13.2. The maximum atomic E-state index is 13.4. The van der Waals surface area contributed by atoms with Gasteiger partial charge in [-0.25, -0.2) is 8.78 Å². The lowest BCUT2D eigenvalue weighted by molar-refractivity contribution is -0.139. The van der Waals surface area contributed by atoms with Crippen molar-refractivity contribution in [3.8, 4) is 17.6 Å². The maximum absolute atomic E-state index is 13.4. The van der Waals surface area contributed by atoms with Crippen molar-refractivity contribution in [2.45, 2.75) is 31.7 Å². The number of carboxylic acid groups (broad SMARTS) is 1. The van der Waals surface area contributed by atoms with Gasteiger partial charge in [-0.1, -0.05) is 11.8 Å². The number of aromatic nitrogens is 1. The molecule has 0 spiro atoms. The summed E-state index contributed by atoms with van der Waals surface area (Å²) in [5, 5.41) is 10.7. The molecule has 6 nitrogen and oxygen atoms in total. The first-order valence-corrected chi connectivity index (χ1v) is 13.2. The zero-order valence-corrected chi connectivity index (χ0v) is 22.7. The predicted molar refractivity (Wildman–Crippen MR) is 147 cm³/mol. The molecule has 1 aliphatic heterocycles. The van der Waals surface area contributed by atoms with E-state index in [4.69, 9.17) is 4.74 Å². The Labute approximate surface area is 228 Å². The molecular weight excluding hydrogens is 500 g/mol. The third-order valence-electron chi connectivity index (χ3n) is 7.59. The van der Waals surface area contributed by atoms with Crippen LogP contribution >= 0.6 is 0 Å². The Hall–Kier alpha value is -3.54. The second-order valence-corrected chi connectivity index (χ2v) is 10.4. The molecule has 0 bridgehead atoms. The second kappa shape index (κ2) is 13.0. The van der Waals surface area contributed by atoms with E-state index in [-0.39, 0.29) is 24.3 Å². The number of hydrogen-bond donors (Lipinski definition) is 1. The van der Waals surface area contributed by atoms with E-state index in [0.29, 0.717) is 18.7 Å². The van der Waals surface area contributed by atoms with Crippen molar-refractivity contribution in [3.63, 3.8) is 0 Å². The normalized spacial score (nSPS) is 18.5. The van der Waals surface area contributed by atoms with Crippen molar-refractivity contribution in [1.82, 2.24) is 14.8 Å². The van der Waals surface area contributed by atoms with Crippen LogP contribution < -0.4 is 4.74 Å². The molecule has 0 unspecified atom stereocenters. The average Bonchev–Trinajstić information content (AvgIpc) is 2.88. The van der Waals surface area contributed by atoms with E-state index >= 15 is 0 Å². The molecule has 2 heterocycles. The number of fused-ring (bicyclic) bond motifs is 1. The van der Waals surface area contributed by atoms with Crippen molar-refractivity contribution in [2.75, 3.05) is 40.8 Å². The Morgan fingerprint density at radius 3 is 2.64 bits per heavy atom. The highest BCUT2D eigenvalue weighted by Crippen LogP contribution is 2.36. The van der Waals surface area contributed by atoms with E-state index in [9.17, 15) is 18.7 Å². The molecule has 0 radical (unpaired) electrons. The fourth-order valence-corrected chi connectivity index (χ4v) is 5.64. The zero-order valence-electron chi connectivity index (χ0n) is 22.7. The summed E-state index contributed by atoms with van der Waals surface area (Å²) in [4.78, 5) is 20.6. The van der Waals surface area contributed by atoms with E-state index in [1.165, 1.54) is 17.7 Å². The summed E-state index contributed by atoms with van der Waals surface area (Å²) in [6.07, 6.45) is 4.60. The van der Waals surface area contributed by atoms with Gasteiger partial charge in [0.2, 0.25) is 0 Å². The molecule has 2 aromatic carbocycles. The van der Waals surface area contributed by atoms with Gasteiger partial charge in [-0.3, -0.25) is 14.7 Å². The number of likely N-dealkylation sites (tertiary alicyclic amines) is 1. The van der Waals surface area contributed by atoms with Gasteiger partial charge in [-0.15, -0.1) is 0 Å². The summed E-state index contributed by atoms with van der Waals surface area (Å²) in [5.41, 5.74) is 2.39. The summed E-state index contributed by atoms with van der Waals surface area (Å²) in [6.45, 7) is 1.85. The van der Waals surface area contributed by atoms with Gasteiger partial charge >= 0.3 is 5.97 Å². The molecule has 1 aliphatic rings. The Bertz CT molecular complexity index is 1350. The highest BCUT2D eigenvalue weighted by Gasteiger charge is 2.31. The van der Waals surface area contributed by atoms with Crippen LogP contribution in [0.25, 0.3) is 10.9 Å². The number of rotatable bonds is 9. The molecule has 0 saturated carbocycles. The van der Waals surface area contributed by atoms with E-state index in [0.717, 1.165) is 48.5 Å². The first-order chi connectivity index (χ1) is 18.7. The molecule has 3 aromatic rings. The Morgan fingerprint density at radius 1 is 1.18 bits per heavy atom. The molecule has 206 valence electrons. The van der Waals surface area contributed by atoms with Crippen LogP contribution in [0.1, 0.15) is 42.9 Å². The third kappa shape index (κ3) is 7.53. The van der Waals surface area contributed by atoms with Crippen LogP contribution in [0.4, 0.5) is 8.78 Å². The minimum absolute atomic E-state index is 0.00162. The molecule has 4 rings (SSSR count). The summed E-state index contributed by atoms with van der Waals surface area (Å²) in [6, 6.07) is 11.3. The molecular formula is C31H35F2N3O3. The number of hydrogen-bond acceptors (Lipinski definition) is 5. The number of pyridine rings is 1. The first kappa shape index (κ1) is 28.5. The Kier molecular flexibility index (Phi) is 9.50. The third-order valence-corrected chi connectivity index (χ3v) is 7.59. The number of carbonyl (C=O) groups is 1. The molecule has 3 atom stereocenters. The monoisotopic (exact) mass is 535 g/mol. The fraction of sp³-hybridized carbons (Fsp3) is 0.419. The van der Waals surface area contributed by atoms with Gasteiger partial charge in [0.05, 0.1) is 19.2 Å². The molecule has 8 heteroatoms. The van der Waals surface area contributed by atoms with Crippen LogP contribution in [0.5, 0.6) is 5.75 Å². The smallest absolute Gasteiger partial charge is 0.303 e. The molecule has 1 fully saturated rings. The number of benzene rings is 2. The molecule has 1 N–H and O–H groups in total. The molecule has 1 aromatic heterocycles. The summed E-state index contributed by atoms with van der Waals surface area (Å²) < 4.78 is 32.3. The lowest BCUT2D eigenvalue weighted by Crippen LogP contribution is -2.41. The Morgan fingerprint density at radius 2 is 1.95 bits per heavy atom. The van der Waals surface area contributed by atoms with Crippen LogP contribution in [0.15, 0.2) is 48.7 Å². The van der Waals surface area contributed by atoms with Crippen LogP contribution in [0.2, 0.25) is 0 Å². The second-order valence-electron chi connectivity index (χ2n) is 10.4. The highest BCUT2D eigenvalue weighted by molar-refractivity contribution is 5.84. The van der Waals surface area contributed by atoms with Gasteiger partial charge in [0.25, 0.3) is 0 Å². The average molecular weight is 536 g/mol. The fourth-order valence-electron chi connectivity index (χ4n) is 5.64. The van der Waals surface area contributed by atoms with Crippen molar-refractivity contribution in [3.05, 3.63) is 71.4 Å². The number of nitrogens with zero attached hydrogens (tertiary/aromatic N) is 3. The van der Waals surface area contributed by atoms with Gasteiger partial charge in [-0.05, 0) is 93.7 Å². The number of ether oxygens (including phenoxy) is 1. The predicted octanol–water partition coefficient (Wildman–Crippen LogP) is 5.37. The van der Waals surface area contributed by atoms with Gasteiger partial charge in [0, 0.05) is 42.2 Å². The largest absolute Gasteiger partial charge is 0.497 e. The lowest BCUT2D eigenvalue weighted by Gasteiger charge is -2.38. The standard InChI is InChI=1S/C31H35F2N3O3/c1-35(2)30(27-10-12-34-29-8-7-26(39-3)19-28(27)29)9-6-22-11-14-36(20-23(22)17-31(37)38)13-4-5-21-15-24(32)18-25(33)16-21/h7-8,10,12,15-16,18-19,22-23,30H,6,9,11,13-14,17,20H2,1-3H3,(H,37,38)/t22-,23+,30-/m1/s1. The molecule has 0 amide bonds. The SMILES string of the molecule is COc1ccc2nccc([C@@H](CC[C@@H]3CCN(CC#Cc4cc(F)cc(F)c4)C[C@@H]3CC(=O)O)N(C)C)c2c1. The van der Waals surface area contributed by atoms with Crippen LogP contribution in [-0.4, -0.2) is 66.7 Å².